The van der Waals surface area contributed by atoms with E-state index in [1.165, 1.54) is 0 Å². The van der Waals surface area contributed by atoms with Gasteiger partial charge in [0.2, 0.25) is 0 Å². The minimum absolute atomic E-state index is 0.0502. The summed E-state index contributed by atoms with van der Waals surface area (Å²) in [6, 6.07) is 15.5. The fourth-order valence-corrected chi connectivity index (χ4v) is 2.01. The summed E-state index contributed by atoms with van der Waals surface area (Å²) in [6.07, 6.45) is 0.0502. The van der Waals surface area contributed by atoms with Crippen molar-refractivity contribution in [1.82, 2.24) is 0 Å². The Morgan fingerprint density at radius 3 is 2.35 bits per heavy atom. The van der Waals surface area contributed by atoms with Crippen LogP contribution in [0.1, 0.15) is 5.56 Å². The molecule has 20 heavy (non-hydrogen) atoms. The molecule has 2 rings (SSSR count). The van der Waals surface area contributed by atoms with Crippen molar-refractivity contribution >= 4 is 23.0 Å². The highest BCUT2D eigenvalue weighted by molar-refractivity contribution is 5.75. The summed E-state index contributed by atoms with van der Waals surface area (Å²) >= 11 is 0. The minimum Gasteiger partial charge on any atom is -0.481 e. The first-order valence-corrected chi connectivity index (χ1v) is 6.40. The molecule has 0 bridgehead atoms. The molecule has 2 aromatic rings. The van der Waals surface area contributed by atoms with E-state index < -0.39 is 5.97 Å². The van der Waals surface area contributed by atoms with Crippen molar-refractivity contribution in [3.63, 3.8) is 0 Å². The van der Waals surface area contributed by atoms with Gasteiger partial charge >= 0.3 is 5.97 Å². The normalized spacial score (nSPS) is 10.1. The molecule has 0 aliphatic heterocycles. The topological polar surface area (TPSA) is 52.6 Å². The minimum atomic E-state index is -0.816. The van der Waals surface area contributed by atoms with Crippen LogP contribution in [0.5, 0.6) is 0 Å². The molecule has 0 aromatic heterocycles. The summed E-state index contributed by atoms with van der Waals surface area (Å²) in [4.78, 5) is 12.7. The highest BCUT2D eigenvalue weighted by Crippen LogP contribution is 2.27. The number of para-hydroxylation sites is 2. The third kappa shape index (κ3) is 3.51. The van der Waals surface area contributed by atoms with Gasteiger partial charge in [-0.15, -0.1) is 0 Å². The van der Waals surface area contributed by atoms with Crippen molar-refractivity contribution in [2.24, 2.45) is 0 Å². The van der Waals surface area contributed by atoms with Gasteiger partial charge in [0.25, 0.3) is 0 Å². The lowest BCUT2D eigenvalue weighted by atomic mass is 10.1. The van der Waals surface area contributed by atoms with E-state index in [1.807, 2.05) is 67.5 Å². The van der Waals surface area contributed by atoms with Crippen LogP contribution < -0.4 is 10.2 Å². The number of hydrogen-bond acceptors (Lipinski definition) is 3. The van der Waals surface area contributed by atoms with E-state index in [9.17, 15) is 4.79 Å². The van der Waals surface area contributed by atoms with Gasteiger partial charge < -0.3 is 15.3 Å². The molecule has 2 N–H and O–H groups in total. The van der Waals surface area contributed by atoms with E-state index in [-0.39, 0.29) is 6.42 Å². The van der Waals surface area contributed by atoms with Gasteiger partial charge in [-0.1, -0.05) is 24.3 Å². The number of aliphatic carboxylic acids is 1. The molecule has 4 nitrogen and oxygen atoms in total. The van der Waals surface area contributed by atoms with Gasteiger partial charge in [-0.05, 0) is 29.8 Å². The van der Waals surface area contributed by atoms with Gasteiger partial charge in [0, 0.05) is 19.8 Å². The number of anilines is 3. The smallest absolute Gasteiger partial charge is 0.307 e. The van der Waals surface area contributed by atoms with E-state index in [0.29, 0.717) is 0 Å². The largest absolute Gasteiger partial charge is 0.481 e. The first kappa shape index (κ1) is 13.9. The number of hydrogen-bond donors (Lipinski definition) is 2. The van der Waals surface area contributed by atoms with Gasteiger partial charge in [-0.2, -0.15) is 0 Å². The van der Waals surface area contributed by atoms with E-state index in [4.69, 9.17) is 5.11 Å². The fourth-order valence-electron chi connectivity index (χ4n) is 2.01. The second-order valence-corrected chi connectivity index (χ2v) is 4.80. The monoisotopic (exact) mass is 270 g/mol. The van der Waals surface area contributed by atoms with Gasteiger partial charge in [-0.25, -0.2) is 0 Å². The summed E-state index contributed by atoms with van der Waals surface area (Å²) in [5, 5.41) is 12.1. The Morgan fingerprint density at radius 2 is 1.75 bits per heavy atom. The van der Waals surface area contributed by atoms with Gasteiger partial charge in [0.15, 0.2) is 0 Å². The molecule has 0 heterocycles. The van der Waals surface area contributed by atoms with E-state index >= 15 is 0 Å². The van der Waals surface area contributed by atoms with Crippen LogP contribution in [0.4, 0.5) is 17.1 Å². The summed E-state index contributed by atoms with van der Waals surface area (Å²) < 4.78 is 0. The summed E-state index contributed by atoms with van der Waals surface area (Å²) in [6.45, 7) is 0. The quantitative estimate of drug-likeness (QED) is 0.876. The molecule has 2 aromatic carbocycles. The van der Waals surface area contributed by atoms with Crippen LogP contribution in [0.25, 0.3) is 0 Å². The molecule has 0 spiro atoms. The summed E-state index contributed by atoms with van der Waals surface area (Å²) in [7, 11) is 3.99. The lowest BCUT2D eigenvalue weighted by molar-refractivity contribution is -0.136. The van der Waals surface area contributed by atoms with Crippen molar-refractivity contribution in [1.29, 1.82) is 0 Å². The third-order valence-electron chi connectivity index (χ3n) is 2.97. The van der Waals surface area contributed by atoms with Crippen molar-refractivity contribution < 1.29 is 9.90 Å². The molecule has 4 heteroatoms. The third-order valence-corrected chi connectivity index (χ3v) is 2.97. The first-order chi connectivity index (χ1) is 9.56. The molecule has 104 valence electrons. The number of benzene rings is 2. The Morgan fingerprint density at radius 1 is 1.10 bits per heavy atom. The van der Waals surface area contributed by atoms with Crippen LogP contribution in [-0.4, -0.2) is 25.2 Å². The molecular formula is C16H18N2O2. The second kappa shape index (κ2) is 6.10. The van der Waals surface area contributed by atoms with Gasteiger partial charge in [0.05, 0.1) is 17.8 Å². The van der Waals surface area contributed by atoms with E-state index in [1.54, 1.807) is 0 Å². The maximum Gasteiger partial charge on any atom is 0.307 e. The lowest BCUT2D eigenvalue weighted by Gasteiger charge is -2.18. The van der Waals surface area contributed by atoms with Crippen LogP contribution in [0, 0.1) is 0 Å². The van der Waals surface area contributed by atoms with Gasteiger partial charge in [-0.3, -0.25) is 4.79 Å². The summed E-state index contributed by atoms with van der Waals surface area (Å²) in [5.41, 5.74) is 3.85. The number of rotatable bonds is 5. The molecule has 0 atom stereocenters. The van der Waals surface area contributed by atoms with E-state index in [2.05, 4.69) is 5.32 Å². The zero-order valence-corrected chi connectivity index (χ0v) is 11.6. The number of carboxylic acid groups (broad SMARTS) is 1. The van der Waals surface area contributed by atoms with E-state index in [0.717, 1.165) is 22.6 Å². The predicted octanol–water partition coefficient (Wildman–Crippen LogP) is 3.12. The molecule has 0 saturated heterocycles. The average Bonchev–Trinajstić information content (AvgIpc) is 2.41. The Hall–Kier alpha value is -2.49. The van der Waals surface area contributed by atoms with Crippen molar-refractivity contribution in [3.8, 4) is 0 Å². The van der Waals surface area contributed by atoms with Crippen LogP contribution in [0.2, 0.25) is 0 Å². The molecule has 0 unspecified atom stereocenters. The van der Waals surface area contributed by atoms with Crippen LogP contribution in [0.3, 0.4) is 0 Å². The van der Waals surface area contributed by atoms with Crippen molar-refractivity contribution in [2.45, 2.75) is 6.42 Å². The highest BCUT2D eigenvalue weighted by Gasteiger charge is 2.04. The van der Waals surface area contributed by atoms with Crippen LogP contribution in [0.15, 0.2) is 48.5 Å². The zero-order valence-electron chi connectivity index (χ0n) is 11.6. The Balaban J connectivity index is 2.16. The maximum absolute atomic E-state index is 10.6. The lowest BCUT2D eigenvalue weighted by Crippen LogP contribution is -2.10. The average molecular weight is 270 g/mol. The maximum atomic E-state index is 10.6. The fraction of sp³-hybridized carbons (Fsp3) is 0.188. The Labute approximate surface area is 118 Å². The predicted molar refractivity (Wildman–Crippen MR) is 81.8 cm³/mol. The molecule has 0 aliphatic carbocycles. The number of carbonyl (C=O) groups is 1. The van der Waals surface area contributed by atoms with Crippen molar-refractivity contribution in [3.05, 3.63) is 54.1 Å². The number of nitrogens with one attached hydrogen (secondary N) is 1. The second-order valence-electron chi connectivity index (χ2n) is 4.80. The molecule has 0 saturated carbocycles. The van der Waals surface area contributed by atoms with Gasteiger partial charge in [0.1, 0.15) is 0 Å². The molecule has 0 fully saturated rings. The standard InChI is InChI=1S/C16H18N2O2/c1-18(2)15-6-4-3-5-14(15)17-13-9-7-12(8-10-13)11-16(19)20/h3-10,17H,11H2,1-2H3,(H,19,20). The molecule has 0 aliphatic rings. The van der Waals surface area contributed by atoms with Crippen LogP contribution >= 0.6 is 0 Å². The number of nitrogens with zero attached hydrogens (tertiary/aromatic N) is 1. The first-order valence-electron chi connectivity index (χ1n) is 6.40. The number of carboxylic acids is 1. The Bertz CT molecular complexity index is 592. The Kier molecular flexibility index (Phi) is 4.25. The van der Waals surface area contributed by atoms with Crippen molar-refractivity contribution in [2.75, 3.05) is 24.3 Å². The highest BCUT2D eigenvalue weighted by atomic mass is 16.4. The molecule has 0 radical (unpaired) electrons. The SMILES string of the molecule is CN(C)c1ccccc1Nc1ccc(CC(=O)O)cc1. The summed E-state index contributed by atoms with van der Waals surface area (Å²) in [5.74, 6) is -0.816. The van der Waals surface area contributed by atoms with Crippen LogP contribution in [-0.2, 0) is 11.2 Å². The molecule has 0 amide bonds. The zero-order chi connectivity index (χ0) is 14.5. The molecular weight excluding hydrogens is 252 g/mol.